The van der Waals surface area contributed by atoms with Crippen molar-refractivity contribution in [1.29, 1.82) is 0 Å². The molecule has 0 radical (unpaired) electrons. The number of primary amides is 1. The lowest BCUT2D eigenvalue weighted by Crippen LogP contribution is -2.25. The third-order valence-corrected chi connectivity index (χ3v) is 4.77. The molecule has 7 nitrogen and oxygen atoms in total. The van der Waals surface area contributed by atoms with Gasteiger partial charge in [-0.25, -0.2) is 0 Å². The Labute approximate surface area is 164 Å². The van der Waals surface area contributed by atoms with Gasteiger partial charge >= 0.3 is 0 Å². The van der Waals surface area contributed by atoms with E-state index in [0.29, 0.717) is 17.0 Å². The number of aryl methyl sites for hydroxylation is 1. The van der Waals surface area contributed by atoms with Gasteiger partial charge in [-0.3, -0.25) is 9.48 Å². The van der Waals surface area contributed by atoms with Crippen LogP contribution in [0.2, 0.25) is 0 Å². The first-order valence-corrected chi connectivity index (χ1v) is 9.07. The predicted octanol–water partition coefficient (Wildman–Crippen LogP) is 3.32. The van der Waals surface area contributed by atoms with E-state index >= 15 is 0 Å². The van der Waals surface area contributed by atoms with E-state index in [1.165, 1.54) is 0 Å². The zero-order chi connectivity index (χ0) is 20.4. The maximum absolute atomic E-state index is 11.5. The number of carbonyl (C=O) groups excluding carboxylic acids is 1. The fourth-order valence-electron chi connectivity index (χ4n) is 3.36. The number of hydrogen-bond donors (Lipinski definition) is 3. The molecule has 0 fully saturated rings. The fraction of sp³-hybridized carbons (Fsp3) is 0.238. The molecule has 146 valence electrons. The molecule has 2 heterocycles. The van der Waals surface area contributed by atoms with Crippen molar-refractivity contribution in [1.82, 2.24) is 9.78 Å². The average Bonchev–Trinajstić information content (AvgIpc) is 3.14. The van der Waals surface area contributed by atoms with E-state index in [4.69, 9.17) is 5.73 Å². The number of fused-ring (bicyclic) bond motifs is 1. The molecule has 1 aromatic heterocycles. The van der Waals surface area contributed by atoms with Crippen molar-refractivity contribution in [2.45, 2.75) is 19.5 Å². The van der Waals surface area contributed by atoms with Crippen LogP contribution in [-0.2, 0) is 7.05 Å². The SMILES string of the molecule is C=C/C=C(\C=C/CC)c1nn(C)c(C2Nc3cc(C(N)=O)ccc3N2C)c1O. The van der Waals surface area contributed by atoms with Gasteiger partial charge in [-0.1, -0.05) is 37.8 Å². The summed E-state index contributed by atoms with van der Waals surface area (Å²) in [4.78, 5) is 13.5. The van der Waals surface area contributed by atoms with Crippen LogP contribution in [0.1, 0.15) is 41.3 Å². The van der Waals surface area contributed by atoms with Crippen molar-refractivity contribution in [2.24, 2.45) is 12.8 Å². The highest BCUT2D eigenvalue weighted by Crippen LogP contribution is 2.44. The topological polar surface area (TPSA) is 96.4 Å². The summed E-state index contributed by atoms with van der Waals surface area (Å²) < 4.78 is 1.66. The Balaban J connectivity index is 2.02. The van der Waals surface area contributed by atoms with E-state index in [-0.39, 0.29) is 11.9 Å². The van der Waals surface area contributed by atoms with Crippen molar-refractivity contribution in [3.63, 3.8) is 0 Å². The van der Waals surface area contributed by atoms with Crippen LogP contribution in [0.5, 0.6) is 5.75 Å². The molecule has 1 aromatic carbocycles. The Bertz CT molecular complexity index is 987. The summed E-state index contributed by atoms with van der Waals surface area (Å²) in [6.07, 6.45) is 7.95. The van der Waals surface area contributed by atoms with Gasteiger partial charge in [0.1, 0.15) is 17.6 Å². The zero-order valence-corrected chi connectivity index (χ0v) is 16.3. The quantitative estimate of drug-likeness (QED) is 0.669. The van der Waals surface area contributed by atoms with E-state index in [0.717, 1.165) is 23.4 Å². The lowest BCUT2D eigenvalue weighted by Gasteiger charge is -2.22. The fourth-order valence-corrected chi connectivity index (χ4v) is 3.36. The molecule has 0 aliphatic carbocycles. The Morgan fingerprint density at radius 2 is 2.18 bits per heavy atom. The third-order valence-electron chi connectivity index (χ3n) is 4.77. The third kappa shape index (κ3) is 3.26. The highest BCUT2D eigenvalue weighted by atomic mass is 16.3. The molecule has 1 aliphatic heterocycles. The summed E-state index contributed by atoms with van der Waals surface area (Å²) in [7, 11) is 3.71. The number of anilines is 2. The number of aromatic nitrogens is 2. The van der Waals surface area contributed by atoms with Gasteiger partial charge < -0.3 is 21.1 Å². The first-order chi connectivity index (χ1) is 13.4. The van der Waals surface area contributed by atoms with Crippen LogP contribution in [0.4, 0.5) is 11.4 Å². The van der Waals surface area contributed by atoms with Crippen LogP contribution in [-0.4, -0.2) is 27.8 Å². The van der Waals surface area contributed by atoms with Gasteiger partial charge in [0.2, 0.25) is 5.91 Å². The lowest BCUT2D eigenvalue weighted by atomic mass is 10.1. The minimum Gasteiger partial charge on any atom is -0.504 e. The van der Waals surface area contributed by atoms with Crippen molar-refractivity contribution >= 4 is 22.9 Å². The van der Waals surface area contributed by atoms with E-state index < -0.39 is 5.91 Å². The Morgan fingerprint density at radius 1 is 1.43 bits per heavy atom. The summed E-state index contributed by atoms with van der Waals surface area (Å²) in [5, 5.41) is 18.8. The second-order valence-electron chi connectivity index (χ2n) is 6.63. The number of hydrogen-bond acceptors (Lipinski definition) is 5. The number of nitrogens with two attached hydrogens (primary N) is 1. The smallest absolute Gasteiger partial charge is 0.248 e. The number of carbonyl (C=O) groups is 1. The van der Waals surface area contributed by atoms with Crippen molar-refractivity contribution in [3.8, 4) is 5.75 Å². The molecule has 7 heteroatoms. The standard InChI is InChI=1S/C21H25N5O2/c1-5-7-9-13(8-6-2)17-19(27)18(26(4)24-17)21-23-15-12-14(20(22)28)10-11-16(15)25(21)3/h6-12,21,23,27H,2,5H2,1,3-4H3,(H2,22,28)/b9-7-,13-8+. The summed E-state index contributed by atoms with van der Waals surface area (Å²) >= 11 is 0. The number of nitrogens with one attached hydrogen (secondary N) is 1. The maximum Gasteiger partial charge on any atom is 0.248 e. The lowest BCUT2D eigenvalue weighted by molar-refractivity contribution is 0.100. The van der Waals surface area contributed by atoms with Gasteiger partial charge in [-0.15, -0.1) is 0 Å². The summed E-state index contributed by atoms with van der Waals surface area (Å²) in [6.45, 7) is 5.79. The van der Waals surface area contributed by atoms with Crippen LogP contribution in [0, 0.1) is 0 Å². The highest BCUT2D eigenvalue weighted by Gasteiger charge is 2.33. The first kappa shape index (κ1) is 19.3. The normalized spacial score (nSPS) is 16.3. The van der Waals surface area contributed by atoms with E-state index in [9.17, 15) is 9.90 Å². The average molecular weight is 379 g/mol. The van der Waals surface area contributed by atoms with Crippen LogP contribution in [0.25, 0.3) is 5.57 Å². The molecule has 0 saturated carbocycles. The number of benzene rings is 1. The molecule has 1 aliphatic rings. The van der Waals surface area contributed by atoms with Crippen molar-refractivity contribution in [3.05, 3.63) is 66.0 Å². The summed E-state index contributed by atoms with van der Waals surface area (Å²) in [6, 6.07) is 5.25. The Kier molecular flexibility index (Phi) is 5.26. The molecular weight excluding hydrogens is 354 g/mol. The number of aromatic hydroxyl groups is 1. The van der Waals surface area contributed by atoms with Gasteiger partial charge in [0, 0.05) is 25.2 Å². The van der Waals surface area contributed by atoms with Crippen molar-refractivity contribution in [2.75, 3.05) is 17.3 Å². The van der Waals surface area contributed by atoms with Crippen LogP contribution >= 0.6 is 0 Å². The molecule has 3 rings (SSSR count). The molecular formula is C21H25N5O2. The molecule has 1 unspecified atom stereocenters. The van der Waals surface area contributed by atoms with Gasteiger partial charge in [0.15, 0.2) is 5.75 Å². The maximum atomic E-state index is 11.5. The molecule has 4 N–H and O–H groups in total. The minimum absolute atomic E-state index is 0.101. The van der Waals surface area contributed by atoms with E-state index in [2.05, 4.69) is 17.0 Å². The molecule has 0 bridgehead atoms. The number of nitrogens with zero attached hydrogens (tertiary/aromatic N) is 3. The van der Waals surface area contributed by atoms with Gasteiger partial charge in [0.05, 0.1) is 11.4 Å². The van der Waals surface area contributed by atoms with Gasteiger partial charge in [-0.2, -0.15) is 5.10 Å². The van der Waals surface area contributed by atoms with E-state index in [1.807, 2.05) is 43.2 Å². The monoisotopic (exact) mass is 379 g/mol. The Hall–Kier alpha value is -3.48. The summed E-state index contributed by atoms with van der Waals surface area (Å²) in [5.74, 6) is -0.382. The number of amides is 1. The van der Waals surface area contributed by atoms with Crippen molar-refractivity contribution < 1.29 is 9.90 Å². The predicted molar refractivity (Wildman–Crippen MR) is 112 cm³/mol. The minimum atomic E-state index is -0.483. The first-order valence-electron chi connectivity index (χ1n) is 9.07. The van der Waals surface area contributed by atoms with E-state index in [1.54, 1.807) is 29.9 Å². The molecule has 0 saturated heterocycles. The molecule has 28 heavy (non-hydrogen) atoms. The molecule has 0 spiro atoms. The number of rotatable bonds is 6. The highest BCUT2D eigenvalue weighted by molar-refractivity contribution is 5.95. The largest absolute Gasteiger partial charge is 0.504 e. The second kappa shape index (κ2) is 7.64. The molecule has 2 aromatic rings. The van der Waals surface area contributed by atoms with Crippen LogP contribution in [0.3, 0.4) is 0 Å². The Morgan fingerprint density at radius 3 is 2.82 bits per heavy atom. The summed E-state index contributed by atoms with van der Waals surface area (Å²) in [5.41, 5.74) is 9.39. The molecule has 1 amide bonds. The van der Waals surface area contributed by atoms with Gasteiger partial charge in [-0.05, 0) is 24.6 Å². The van der Waals surface area contributed by atoms with Crippen LogP contribution < -0.4 is 16.0 Å². The zero-order valence-electron chi connectivity index (χ0n) is 16.3. The number of allylic oxidation sites excluding steroid dienone is 5. The molecule has 1 atom stereocenters. The van der Waals surface area contributed by atoms with Gasteiger partial charge in [0.25, 0.3) is 0 Å². The van der Waals surface area contributed by atoms with Crippen LogP contribution in [0.15, 0.2) is 49.1 Å². The second-order valence-corrected chi connectivity index (χ2v) is 6.63.